The maximum Gasteiger partial charge on any atom is 0.276 e. The van der Waals surface area contributed by atoms with Gasteiger partial charge in [0.05, 0.1) is 11.5 Å². The lowest BCUT2D eigenvalue weighted by atomic mass is 10.2. The van der Waals surface area contributed by atoms with Crippen LogP contribution in [0, 0.1) is 6.92 Å². The van der Waals surface area contributed by atoms with Crippen LogP contribution < -0.4 is 0 Å². The fourth-order valence-electron chi connectivity index (χ4n) is 1.89. The van der Waals surface area contributed by atoms with Gasteiger partial charge in [0.2, 0.25) is 0 Å². The van der Waals surface area contributed by atoms with Gasteiger partial charge in [-0.25, -0.2) is 8.42 Å². The van der Waals surface area contributed by atoms with Gasteiger partial charge in [-0.2, -0.15) is 0 Å². The van der Waals surface area contributed by atoms with Gasteiger partial charge in [-0.1, -0.05) is 5.16 Å². The number of carbonyl (C=O) groups excluding carboxylic acids is 1. The molecule has 0 aromatic carbocycles. The molecule has 6 nitrogen and oxygen atoms in total. The molecule has 1 aliphatic heterocycles. The van der Waals surface area contributed by atoms with Gasteiger partial charge >= 0.3 is 0 Å². The third-order valence-corrected chi connectivity index (χ3v) is 4.67. The van der Waals surface area contributed by atoms with Gasteiger partial charge in [0.15, 0.2) is 15.5 Å². The predicted octanol–water partition coefficient (Wildman–Crippen LogP) is 0.242. The first kappa shape index (κ1) is 12.1. The van der Waals surface area contributed by atoms with E-state index in [4.69, 9.17) is 4.52 Å². The number of aryl methyl sites for hydroxylation is 1. The molecule has 0 radical (unpaired) electrons. The smallest absolute Gasteiger partial charge is 0.276 e. The highest BCUT2D eigenvalue weighted by Gasteiger charge is 2.33. The molecule has 7 heteroatoms. The van der Waals surface area contributed by atoms with E-state index in [1.54, 1.807) is 20.0 Å². The van der Waals surface area contributed by atoms with Gasteiger partial charge in [-0.3, -0.25) is 4.79 Å². The molecule has 0 aliphatic carbocycles. The van der Waals surface area contributed by atoms with Gasteiger partial charge in [0, 0.05) is 19.2 Å². The molecule has 0 N–H and O–H groups in total. The molecule has 1 aliphatic rings. The number of hydrogen-bond acceptors (Lipinski definition) is 5. The van der Waals surface area contributed by atoms with Crippen LogP contribution in [0.25, 0.3) is 0 Å². The molecule has 2 rings (SSSR count). The van der Waals surface area contributed by atoms with Crippen molar-refractivity contribution in [2.75, 3.05) is 18.6 Å². The second-order valence-electron chi connectivity index (χ2n) is 4.30. The number of hydrogen-bond donors (Lipinski definition) is 0. The average molecular weight is 258 g/mol. The summed E-state index contributed by atoms with van der Waals surface area (Å²) in [6, 6.07) is 1.28. The minimum atomic E-state index is -2.99. The van der Waals surface area contributed by atoms with E-state index in [9.17, 15) is 13.2 Å². The fourth-order valence-corrected chi connectivity index (χ4v) is 3.67. The molecule has 1 aromatic rings. The first-order valence-corrected chi connectivity index (χ1v) is 7.12. The van der Waals surface area contributed by atoms with E-state index in [0.717, 1.165) is 0 Å². The standard InChI is InChI=1S/C10H14N2O4S/c1-7-5-9(11-16-7)10(13)12(2)8-3-4-17(14,15)6-8/h5,8H,3-4,6H2,1-2H3. The topological polar surface area (TPSA) is 80.5 Å². The van der Waals surface area contributed by atoms with Crippen LogP contribution in [0.4, 0.5) is 0 Å². The number of amides is 1. The lowest BCUT2D eigenvalue weighted by Crippen LogP contribution is -2.37. The van der Waals surface area contributed by atoms with E-state index < -0.39 is 9.84 Å². The number of carbonyl (C=O) groups is 1. The van der Waals surface area contributed by atoms with E-state index in [1.807, 2.05) is 0 Å². The molecule has 1 amide bonds. The Kier molecular flexibility index (Phi) is 2.94. The Balaban J connectivity index is 2.11. The molecule has 1 fully saturated rings. The van der Waals surface area contributed by atoms with Gasteiger partial charge in [0.25, 0.3) is 5.91 Å². The van der Waals surface area contributed by atoms with Crippen molar-refractivity contribution in [1.29, 1.82) is 0 Å². The maximum absolute atomic E-state index is 12.0. The van der Waals surface area contributed by atoms with E-state index >= 15 is 0 Å². The van der Waals surface area contributed by atoms with Crippen molar-refractivity contribution in [3.05, 3.63) is 17.5 Å². The minimum absolute atomic E-state index is 0.0338. The second-order valence-corrected chi connectivity index (χ2v) is 6.52. The Morgan fingerprint density at radius 1 is 1.59 bits per heavy atom. The van der Waals surface area contributed by atoms with E-state index in [-0.39, 0.29) is 29.1 Å². The summed E-state index contributed by atoms with van der Waals surface area (Å²) in [7, 11) is -1.39. The Bertz CT molecular complexity index is 534. The highest BCUT2D eigenvalue weighted by Crippen LogP contribution is 2.18. The Hall–Kier alpha value is -1.37. The van der Waals surface area contributed by atoms with E-state index in [1.165, 1.54) is 4.90 Å². The van der Waals surface area contributed by atoms with Crippen molar-refractivity contribution in [3.63, 3.8) is 0 Å². The van der Waals surface area contributed by atoms with Crippen molar-refractivity contribution >= 4 is 15.7 Å². The van der Waals surface area contributed by atoms with E-state index in [2.05, 4.69) is 5.16 Å². The molecule has 0 bridgehead atoms. The molecule has 2 heterocycles. The van der Waals surface area contributed by atoms with Gasteiger partial charge in [0.1, 0.15) is 5.76 Å². The summed E-state index contributed by atoms with van der Waals surface area (Å²) in [6.45, 7) is 1.70. The average Bonchev–Trinajstić information content (AvgIpc) is 2.82. The fraction of sp³-hybridized carbons (Fsp3) is 0.600. The van der Waals surface area contributed by atoms with Crippen LogP contribution in [0.1, 0.15) is 22.7 Å². The molecule has 1 saturated heterocycles. The zero-order valence-corrected chi connectivity index (χ0v) is 10.5. The third kappa shape index (κ3) is 2.49. The van der Waals surface area contributed by atoms with Gasteiger partial charge in [-0.15, -0.1) is 0 Å². The summed E-state index contributed by atoms with van der Waals surface area (Å²) in [5, 5.41) is 3.63. The SMILES string of the molecule is Cc1cc(C(=O)N(C)C2CCS(=O)(=O)C2)no1. The Morgan fingerprint density at radius 3 is 2.76 bits per heavy atom. The summed E-state index contributed by atoms with van der Waals surface area (Å²) in [6.07, 6.45) is 0.488. The predicted molar refractivity (Wildman–Crippen MR) is 60.4 cm³/mol. The van der Waals surface area contributed by atoms with Crippen LogP contribution in [-0.4, -0.2) is 49.0 Å². The van der Waals surface area contributed by atoms with Crippen LogP contribution in [0.3, 0.4) is 0 Å². The minimum Gasteiger partial charge on any atom is -0.361 e. The summed E-state index contributed by atoms with van der Waals surface area (Å²) in [5.74, 6) is 0.434. The van der Waals surface area contributed by atoms with Crippen LogP contribution in [-0.2, 0) is 9.84 Å². The number of rotatable bonds is 2. The van der Waals surface area contributed by atoms with Crippen molar-refractivity contribution in [1.82, 2.24) is 10.1 Å². The van der Waals surface area contributed by atoms with Gasteiger partial charge in [-0.05, 0) is 13.3 Å². The Morgan fingerprint density at radius 2 is 2.29 bits per heavy atom. The highest BCUT2D eigenvalue weighted by molar-refractivity contribution is 7.91. The van der Waals surface area contributed by atoms with Crippen molar-refractivity contribution < 1.29 is 17.7 Å². The first-order chi connectivity index (χ1) is 7.89. The third-order valence-electron chi connectivity index (χ3n) is 2.92. The molecule has 17 heavy (non-hydrogen) atoms. The van der Waals surface area contributed by atoms with Crippen LogP contribution in [0.15, 0.2) is 10.6 Å². The number of aromatic nitrogens is 1. The summed E-state index contributed by atoms with van der Waals surface area (Å²) in [4.78, 5) is 13.4. The lowest BCUT2D eigenvalue weighted by Gasteiger charge is -2.21. The monoisotopic (exact) mass is 258 g/mol. The number of nitrogens with zero attached hydrogens (tertiary/aromatic N) is 2. The maximum atomic E-state index is 12.0. The largest absolute Gasteiger partial charge is 0.361 e. The van der Waals surface area contributed by atoms with Crippen LogP contribution in [0.2, 0.25) is 0 Å². The van der Waals surface area contributed by atoms with Crippen LogP contribution >= 0.6 is 0 Å². The Labute approximate surface area is 99.5 Å². The molecule has 1 aromatic heterocycles. The molecular formula is C10H14N2O4S. The van der Waals surface area contributed by atoms with E-state index in [0.29, 0.717) is 12.2 Å². The summed E-state index contributed by atoms with van der Waals surface area (Å²) in [5.41, 5.74) is 0.217. The quantitative estimate of drug-likeness (QED) is 0.759. The van der Waals surface area contributed by atoms with Crippen molar-refractivity contribution in [2.24, 2.45) is 0 Å². The normalized spacial score (nSPS) is 22.6. The van der Waals surface area contributed by atoms with Crippen molar-refractivity contribution in [3.8, 4) is 0 Å². The summed E-state index contributed by atoms with van der Waals surface area (Å²) < 4.78 is 27.5. The lowest BCUT2D eigenvalue weighted by molar-refractivity contribution is 0.0737. The molecule has 1 atom stereocenters. The molecule has 94 valence electrons. The molecule has 0 spiro atoms. The first-order valence-electron chi connectivity index (χ1n) is 5.30. The van der Waals surface area contributed by atoms with Crippen LogP contribution in [0.5, 0.6) is 0 Å². The zero-order valence-electron chi connectivity index (χ0n) is 9.71. The van der Waals surface area contributed by atoms with Gasteiger partial charge < -0.3 is 9.42 Å². The highest BCUT2D eigenvalue weighted by atomic mass is 32.2. The molecule has 0 saturated carbocycles. The number of sulfone groups is 1. The molecule has 1 unspecified atom stereocenters. The van der Waals surface area contributed by atoms with Crippen molar-refractivity contribution in [2.45, 2.75) is 19.4 Å². The zero-order chi connectivity index (χ0) is 12.6. The second kappa shape index (κ2) is 4.14. The summed E-state index contributed by atoms with van der Waals surface area (Å²) >= 11 is 0. The molecular weight excluding hydrogens is 244 g/mol.